The molecule has 1 heterocycles. The lowest BCUT2D eigenvalue weighted by Gasteiger charge is -2.09. The van der Waals surface area contributed by atoms with E-state index in [0.717, 1.165) is 24.1 Å². The molecule has 0 radical (unpaired) electrons. The van der Waals surface area contributed by atoms with E-state index in [1.165, 1.54) is 24.0 Å². The zero-order valence-electron chi connectivity index (χ0n) is 10.2. The summed E-state index contributed by atoms with van der Waals surface area (Å²) in [5.74, 6) is 0. The van der Waals surface area contributed by atoms with E-state index in [1.54, 1.807) is 0 Å². The lowest BCUT2D eigenvalue weighted by molar-refractivity contribution is 0.709. The number of H-pyrrole nitrogens is 1. The van der Waals surface area contributed by atoms with E-state index in [-0.39, 0.29) is 5.56 Å². The SMILES string of the molecule is CCCCCc1c(C)c(C)c(C)[nH]c1=O. The summed E-state index contributed by atoms with van der Waals surface area (Å²) < 4.78 is 0. The maximum absolute atomic E-state index is 11.8. The van der Waals surface area contributed by atoms with Crippen molar-refractivity contribution in [3.63, 3.8) is 0 Å². The van der Waals surface area contributed by atoms with Crippen molar-refractivity contribution in [2.45, 2.75) is 53.4 Å². The minimum atomic E-state index is 0.103. The van der Waals surface area contributed by atoms with Crippen LogP contribution in [0.3, 0.4) is 0 Å². The molecule has 0 fully saturated rings. The fourth-order valence-corrected chi connectivity index (χ4v) is 1.87. The second kappa shape index (κ2) is 5.15. The molecule has 0 aliphatic carbocycles. The van der Waals surface area contributed by atoms with E-state index in [4.69, 9.17) is 0 Å². The number of hydrogen-bond acceptors (Lipinski definition) is 1. The third-order valence-electron chi connectivity index (χ3n) is 3.18. The number of rotatable bonds is 4. The summed E-state index contributed by atoms with van der Waals surface area (Å²) >= 11 is 0. The number of aromatic amines is 1. The van der Waals surface area contributed by atoms with Crippen LogP contribution in [-0.4, -0.2) is 4.98 Å². The van der Waals surface area contributed by atoms with Gasteiger partial charge in [0.25, 0.3) is 5.56 Å². The summed E-state index contributed by atoms with van der Waals surface area (Å²) in [4.78, 5) is 14.7. The first kappa shape index (κ1) is 12.0. The smallest absolute Gasteiger partial charge is 0.251 e. The van der Waals surface area contributed by atoms with Crippen molar-refractivity contribution in [1.82, 2.24) is 4.98 Å². The third kappa shape index (κ3) is 2.71. The highest BCUT2D eigenvalue weighted by molar-refractivity contribution is 5.33. The third-order valence-corrected chi connectivity index (χ3v) is 3.18. The Labute approximate surface area is 91.7 Å². The molecule has 0 saturated carbocycles. The molecule has 2 nitrogen and oxygen atoms in total. The first-order chi connectivity index (χ1) is 7.07. The van der Waals surface area contributed by atoms with Crippen LogP contribution in [0.1, 0.15) is 48.6 Å². The van der Waals surface area contributed by atoms with Gasteiger partial charge >= 0.3 is 0 Å². The molecule has 1 N–H and O–H groups in total. The van der Waals surface area contributed by atoms with Gasteiger partial charge in [-0.3, -0.25) is 4.79 Å². The zero-order valence-corrected chi connectivity index (χ0v) is 10.2. The quantitative estimate of drug-likeness (QED) is 0.756. The topological polar surface area (TPSA) is 32.9 Å². The summed E-state index contributed by atoms with van der Waals surface area (Å²) in [5, 5.41) is 0. The Morgan fingerprint density at radius 1 is 1.07 bits per heavy atom. The van der Waals surface area contributed by atoms with Gasteiger partial charge in [-0.2, -0.15) is 0 Å². The lowest BCUT2D eigenvalue weighted by Crippen LogP contribution is -2.17. The van der Waals surface area contributed by atoms with Crippen molar-refractivity contribution in [3.05, 3.63) is 32.7 Å². The molecule has 0 bridgehead atoms. The molecule has 0 amide bonds. The average molecular weight is 207 g/mol. The molecular weight excluding hydrogens is 186 g/mol. The molecule has 2 heteroatoms. The van der Waals surface area contributed by atoms with E-state index in [9.17, 15) is 4.79 Å². The van der Waals surface area contributed by atoms with E-state index >= 15 is 0 Å². The molecule has 15 heavy (non-hydrogen) atoms. The van der Waals surface area contributed by atoms with Crippen LogP contribution in [0.2, 0.25) is 0 Å². The molecule has 84 valence electrons. The highest BCUT2D eigenvalue weighted by atomic mass is 16.1. The number of nitrogens with one attached hydrogen (secondary N) is 1. The Kier molecular flexibility index (Phi) is 4.13. The monoisotopic (exact) mass is 207 g/mol. The van der Waals surface area contributed by atoms with Crippen LogP contribution in [-0.2, 0) is 6.42 Å². The molecule has 0 aliphatic heterocycles. The second-order valence-corrected chi connectivity index (χ2v) is 4.26. The predicted octanol–water partition coefficient (Wildman–Crippen LogP) is 3.03. The standard InChI is InChI=1S/C13H21NO/c1-5-6-7-8-12-10(3)9(2)11(4)14-13(12)15/h5-8H2,1-4H3,(H,14,15). The van der Waals surface area contributed by atoms with Crippen molar-refractivity contribution < 1.29 is 0 Å². The Morgan fingerprint density at radius 2 is 1.73 bits per heavy atom. The van der Waals surface area contributed by atoms with Gasteiger partial charge in [-0.15, -0.1) is 0 Å². The van der Waals surface area contributed by atoms with Gasteiger partial charge in [-0.1, -0.05) is 19.8 Å². The van der Waals surface area contributed by atoms with E-state index in [2.05, 4.69) is 25.8 Å². The summed E-state index contributed by atoms with van der Waals surface area (Å²) in [5.41, 5.74) is 4.48. The van der Waals surface area contributed by atoms with Gasteiger partial charge in [0.2, 0.25) is 0 Å². The lowest BCUT2D eigenvalue weighted by atomic mass is 9.99. The van der Waals surface area contributed by atoms with Crippen LogP contribution < -0.4 is 5.56 Å². The minimum absolute atomic E-state index is 0.103. The van der Waals surface area contributed by atoms with Gasteiger partial charge < -0.3 is 4.98 Å². The Morgan fingerprint density at radius 3 is 2.33 bits per heavy atom. The van der Waals surface area contributed by atoms with Gasteiger partial charge in [0.1, 0.15) is 0 Å². The summed E-state index contributed by atoms with van der Waals surface area (Å²) in [6, 6.07) is 0. The molecule has 0 spiro atoms. The molecule has 0 atom stereocenters. The van der Waals surface area contributed by atoms with Crippen molar-refractivity contribution in [1.29, 1.82) is 0 Å². The van der Waals surface area contributed by atoms with Crippen LogP contribution in [0.5, 0.6) is 0 Å². The minimum Gasteiger partial charge on any atom is -0.326 e. The Balaban J connectivity index is 2.97. The maximum Gasteiger partial charge on any atom is 0.251 e. The largest absolute Gasteiger partial charge is 0.326 e. The molecule has 0 unspecified atom stereocenters. The Hall–Kier alpha value is -1.05. The van der Waals surface area contributed by atoms with Crippen LogP contribution >= 0.6 is 0 Å². The van der Waals surface area contributed by atoms with E-state index < -0.39 is 0 Å². The number of aryl methyl sites for hydroxylation is 1. The summed E-state index contributed by atoms with van der Waals surface area (Å²) in [6.45, 7) is 8.26. The van der Waals surface area contributed by atoms with Crippen molar-refractivity contribution in [3.8, 4) is 0 Å². The van der Waals surface area contributed by atoms with Crippen molar-refractivity contribution in [2.24, 2.45) is 0 Å². The molecular formula is C13H21NO. The first-order valence-electron chi connectivity index (χ1n) is 5.76. The molecule has 1 aromatic rings. The Bertz CT molecular complexity index is 390. The molecule has 0 aromatic carbocycles. The van der Waals surface area contributed by atoms with Crippen LogP contribution in [0.15, 0.2) is 4.79 Å². The van der Waals surface area contributed by atoms with Gasteiger partial charge in [0, 0.05) is 11.3 Å². The first-order valence-corrected chi connectivity index (χ1v) is 5.76. The number of aromatic nitrogens is 1. The van der Waals surface area contributed by atoms with Crippen LogP contribution in [0.25, 0.3) is 0 Å². The second-order valence-electron chi connectivity index (χ2n) is 4.26. The highest BCUT2D eigenvalue weighted by Crippen LogP contribution is 2.13. The summed E-state index contributed by atoms with van der Waals surface area (Å²) in [6.07, 6.45) is 4.42. The summed E-state index contributed by atoms with van der Waals surface area (Å²) in [7, 11) is 0. The van der Waals surface area contributed by atoms with E-state index in [0.29, 0.717) is 0 Å². The van der Waals surface area contributed by atoms with Gasteiger partial charge in [-0.05, 0) is 44.7 Å². The fourth-order valence-electron chi connectivity index (χ4n) is 1.87. The molecule has 0 saturated heterocycles. The normalized spacial score (nSPS) is 10.7. The number of pyridine rings is 1. The fraction of sp³-hybridized carbons (Fsp3) is 0.615. The molecule has 0 aliphatic rings. The molecule has 1 rings (SSSR count). The van der Waals surface area contributed by atoms with Gasteiger partial charge in [0.15, 0.2) is 0 Å². The van der Waals surface area contributed by atoms with E-state index in [1.807, 2.05) is 6.92 Å². The zero-order chi connectivity index (χ0) is 11.4. The number of hydrogen-bond donors (Lipinski definition) is 1. The average Bonchev–Trinajstić information content (AvgIpc) is 2.20. The van der Waals surface area contributed by atoms with Crippen LogP contribution in [0, 0.1) is 20.8 Å². The van der Waals surface area contributed by atoms with Gasteiger partial charge in [-0.25, -0.2) is 0 Å². The van der Waals surface area contributed by atoms with Crippen LogP contribution in [0.4, 0.5) is 0 Å². The predicted molar refractivity (Wildman–Crippen MR) is 64.5 cm³/mol. The van der Waals surface area contributed by atoms with Crippen molar-refractivity contribution in [2.75, 3.05) is 0 Å². The number of unbranched alkanes of at least 4 members (excludes halogenated alkanes) is 2. The highest BCUT2D eigenvalue weighted by Gasteiger charge is 2.08. The van der Waals surface area contributed by atoms with Gasteiger partial charge in [0.05, 0.1) is 0 Å². The molecule has 1 aromatic heterocycles. The van der Waals surface area contributed by atoms with Crippen molar-refractivity contribution >= 4 is 0 Å². The maximum atomic E-state index is 11.8.